The predicted molar refractivity (Wildman–Crippen MR) is 154 cm³/mol. The molecule has 0 bridgehead atoms. The van der Waals surface area contributed by atoms with Crippen LogP contribution < -0.4 is 14.8 Å². The number of rotatable bonds is 8. The molecule has 1 N–H and O–H groups in total. The molecule has 1 saturated heterocycles. The minimum absolute atomic E-state index is 0.0640. The lowest BCUT2D eigenvalue weighted by Gasteiger charge is -2.34. The maximum Gasteiger partial charge on any atom is 0.410 e. The number of hydrogen-bond donors (Lipinski definition) is 1. The molecule has 0 unspecified atom stereocenters. The van der Waals surface area contributed by atoms with Gasteiger partial charge in [0.1, 0.15) is 5.60 Å². The highest BCUT2D eigenvalue weighted by Crippen LogP contribution is 2.33. The van der Waals surface area contributed by atoms with Crippen LogP contribution in [0.5, 0.6) is 11.5 Å². The van der Waals surface area contributed by atoms with E-state index >= 15 is 0 Å². The minimum atomic E-state index is -0.541. The summed E-state index contributed by atoms with van der Waals surface area (Å²) < 4.78 is 18.2. The number of amides is 2. The van der Waals surface area contributed by atoms with Gasteiger partial charge in [0.15, 0.2) is 11.5 Å². The van der Waals surface area contributed by atoms with Gasteiger partial charge in [0.25, 0.3) is 5.91 Å². The topological polar surface area (TPSA) is 94.9 Å². The number of likely N-dealkylation sites (tertiary alicyclic amines) is 1. The van der Waals surface area contributed by atoms with Gasteiger partial charge in [-0.3, -0.25) is 4.79 Å². The van der Waals surface area contributed by atoms with Gasteiger partial charge in [-0.15, -0.1) is 0 Å². The van der Waals surface area contributed by atoms with Crippen LogP contribution in [0.1, 0.15) is 66.7 Å². The van der Waals surface area contributed by atoms with Crippen LogP contribution in [0.15, 0.2) is 48.7 Å². The smallest absolute Gasteiger partial charge is 0.410 e. The Kier molecular flexibility index (Phi) is 9.02. The number of piperidine rings is 1. The van der Waals surface area contributed by atoms with Crippen molar-refractivity contribution in [1.82, 2.24) is 20.0 Å². The SMILES string of the molecule is COc1ccc(CCNC(=O)c2cnn(-c3ccc(C)cc3)c2C2CCN(C(=O)OC(C)(C)C)CC2)cc1OC. The number of aryl methyl sites for hydroxylation is 1. The van der Waals surface area contributed by atoms with E-state index in [1.54, 1.807) is 25.3 Å². The summed E-state index contributed by atoms with van der Waals surface area (Å²) in [7, 11) is 3.21. The Morgan fingerprint density at radius 2 is 1.68 bits per heavy atom. The Labute approximate surface area is 236 Å². The van der Waals surface area contributed by atoms with E-state index in [2.05, 4.69) is 10.4 Å². The highest BCUT2D eigenvalue weighted by molar-refractivity contribution is 5.95. The van der Waals surface area contributed by atoms with E-state index in [4.69, 9.17) is 14.2 Å². The van der Waals surface area contributed by atoms with Crippen molar-refractivity contribution < 1.29 is 23.8 Å². The summed E-state index contributed by atoms with van der Waals surface area (Å²) in [6.07, 6.45) is 3.42. The van der Waals surface area contributed by atoms with E-state index in [9.17, 15) is 9.59 Å². The lowest BCUT2D eigenvalue weighted by atomic mass is 9.90. The number of aromatic nitrogens is 2. The molecule has 2 aromatic carbocycles. The van der Waals surface area contributed by atoms with Crippen LogP contribution >= 0.6 is 0 Å². The van der Waals surface area contributed by atoms with Crippen molar-refractivity contribution in [3.63, 3.8) is 0 Å². The summed E-state index contributed by atoms with van der Waals surface area (Å²) in [4.78, 5) is 27.8. The zero-order valence-electron chi connectivity index (χ0n) is 24.3. The highest BCUT2D eigenvalue weighted by atomic mass is 16.6. The fourth-order valence-electron chi connectivity index (χ4n) is 4.93. The molecule has 4 rings (SSSR count). The number of methoxy groups -OCH3 is 2. The quantitative estimate of drug-likeness (QED) is 0.411. The van der Waals surface area contributed by atoms with Crippen LogP contribution in [0.25, 0.3) is 5.69 Å². The number of ether oxygens (including phenoxy) is 3. The summed E-state index contributed by atoms with van der Waals surface area (Å²) >= 11 is 0. The highest BCUT2D eigenvalue weighted by Gasteiger charge is 2.32. The minimum Gasteiger partial charge on any atom is -0.493 e. The maximum absolute atomic E-state index is 13.5. The second-order valence-electron chi connectivity index (χ2n) is 11.1. The second-order valence-corrected chi connectivity index (χ2v) is 11.1. The van der Waals surface area contributed by atoms with Gasteiger partial charge in [-0.05, 0) is 76.8 Å². The first-order valence-electron chi connectivity index (χ1n) is 13.7. The molecule has 1 fully saturated rings. The molecule has 214 valence electrons. The second kappa shape index (κ2) is 12.4. The fourth-order valence-corrected chi connectivity index (χ4v) is 4.93. The number of nitrogens with one attached hydrogen (secondary N) is 1. The monoisotopic (exact) mass is 548 g/mol. The Morgan fingerprint density at radius 1 is 1.00 bits per heavy atom. The van der Waals surface area contributed by atoms with Crippen molar-refractivity contribution in [1.29, 1.82) is 0 Å². The van der Waals surface area contributed by atoms with Crippen LogP contribution in [0.4, 0.5) is 4.79 Å². The largest absolute Gasteiger partial charge is 0.493 e. The van der Waals surface area contributed by atoms with Crippen molar-refractivity contribution in [2.24, 2.45) is 0 Å². The molecule has 1 aliphatic rings. The van der Waals surface area contributed by atoms with Crippen molar-refractivity contribution >= 4 is 12.0 Å². The van der Waals surface area contributed by atoms with Gasteiger partial charge in [0.2, 0.25) is 0 Å². The molecule has 1 aromatic heterocycles. The molecule has 0 aliphatic carbocycles. The van der Waals surface area contributed by atoms with Crippen molar-refractivity contribution in [3.05, 3.63) is 71.0 Å². The van der Waals surface area contributed by atoms with Crippen molar-refractivity contribution in [2.75, 3.05) is 33.9 Å². The summed E-state index contributed by atoms with van der Waals surface area (Å²) in [5.74, 6) is 1.23. The summed E-state index contributed by atoms with van der Waals surface area (Å²) in [6, 6.07) is 13.9. The molecule has 0 atom stereocenters. The molecule has 2 amide bonds. The number of benzene rings is 2. The van der Waals surface area contributed by atoms with Crippen LogP contribution in [0.2, 0.25) is 0 Å². The molecular weight excluding hydrogens is 508 g/mol. The van der Waals surface area contributed by atoms with Gasteiger partial charge in [-0.25, -0.2) is 9.48 Å². The molecule has 9 nitrogen and oxygen atoms in total. The third-order valence-corrected chi connectivity index (χ3v) is 7.01. The first kappa shape index (κ1) is 29.0. The van der Waals surface area contributed by atoms with Crippen LogP contribution in [0.3, 0.4) is 0 Å². The van der Waals surface area contributed by atoms with Gasteiger partial charge >= 0.3 is 6.09 Å². The normalized spacial score (nSPS) is 14.1. The zero-order valence-corrected chi connectivity index (χ0v) is 24.3. The third-order valence-electron chi connectivity index (χ3n) is 7.01. The number of carbonyl (C=O) groups is 2. The molecule has 2 heterocycles. The molecule has 3 aromatic rings. The van der Waals surface area contributed by atoms with Crippen LogP contribution in [-0.2, 0) is 11.2 Å². The Balaban J connectivity index is 1.51. The number of nitrogens with zero attached hydrogens (tertiary/aromatic N) is 3. The number of hydrogen-bond acceptors (Lipinski definition) is 6. The van der Waals surface area contributed by atoms with Crippen LogP contribution in [-0.4, -0.2) is 66.1 Å². The van der Waals surface area contributed by atoms with E-state index in [1.165, 1.54) is 0 Å². The van der Waals surface area contributed by atoms with Gasteiger partial charge in [-0.2, -0.15) is 5.10 Å². The third kappa shape index (κ3) is 6.94. The van der Waals surface area contributed by atoms with Crippen LogP contribution in [0, 0.1) is 6.92 Å². The molecular formula is C31H40N4O5. The van der Waals surface area contributed by atoms with Gasteiger partial charge in [0, 0.05) is 25.6 Å². The van der Waals surface area contributed by atoms with Gasteiger partial charge < -0.3 is 24.4 Å². The van der Waals surface area contributed by atoms with Gasteiger partial charge in [0.05, 0.1) is 37.4 Å². The molecule has 0 spiro atoms. The van der Waals surface area contributed by atoms with E-state index in [0.717, 1.165) is 22.5 Å². The van der Waals surface area contributed by atoms with E-state index in [-0.39, 0.29) is 17.9 Å². The Bertz CT molecular complexity index is 1320. The van der Waals surface area contributed by atoms with Crippen molar-refractivity contribution in [3.8, 4) is 17.2 Å². The summed E-state index contributed by atoms with van der Waals surface area (Å²) in [6.45, 7) is 9.21. The lowest BCUT2D eigenvalue weighted by Crippen LogP contribution is -2.41. The molecule has 0 saturated carbocycles. The Hall–Kier alpha value is -4.01. The Morgan fingerprint density at radius 3 is 2.30 bits per heavy atom. The van der Waals surface area contributed by atoms with E-state index in [1.807, 2.05) is 74.8 Å². The predicted octanol–water partition coefficient (Wildman–Crippen LogP) is 5.28. The number of carbonyl (C=O) groups excluding carboxylic acids is 2. The van der Waals surface area contributed by atoms with E-state index in [0.29, 0.717) is 56.0 Å². The maximum atomic E-state index is 13.5. The summed E-state index contributed by atoms with van der Waals surface area (Å²) in [5.41, 5.74) is 3.97. The molecule has 40 heavy (non-hydrogen) atoms. The fraction of sp³-hybridized carbons (Fsp3) is 0.452. The standard InChI is InChI=1S/C31H40N4O5/c1-21-7-10-24(11-8-21)35-28(23-14-17-34(18-15-23)30(37)40-31(2,3)4)25(20-33-35)29(36)32-16-13-22-9-12-26(38-5)27(19-22)39-6/h7-12,19-20,23H,13-18H2,1-6H3,(H,32,36). The zero-order chi connectivity index (χ0) is 28.9. The first-order valence-corrected chi connectivity index (χ1v) is 13.7. The molecule has 0 radical (unpaired) electrons. The molecule has 9 heteroatoms. The van der Waals surface area contributed by atoms with Gasteiger partial charge in [-0.1, -0.05) is 23.8 Å². The average Bonchev–Trinajstić information content (AvgIpc) is 3.38. The first-order chi connectivity index (χ1) is 19.1. The lowest BCUT2D eigenvalue weighted by molar-refractivity contribution is 0.0203. The van der Waals surface area contributed by atoms with Crippen molar-refractivity contribution in [2.45, 2.75) is 58.5 Å². The average molecular weight is 549 g/mol. The van der Waals surface area contributed by atoms with E-state index < -0.39 is 5.60 Å². The summed E-state index contributed by atoms with van der Waals surface area (Å²) in [5, 5.41) is 7.71. The molecule has 1 aliphatic heterocycles.